The summed E-state index contributed by atoms with van der Waals surface area (Å²) in [4.78, 5) is 24.2. The number of carbonyl (C=O) groups excluding carboxylic acids is 2. The molecule has 0 aromatic carbocycles. The second-order valence-corrected chi connectivity index (χ2v) is 7.70. The molecule has 0 aliphatic carbocycles. The van der Waals surface area contributed by atoms with E-state index in [9.17, 15) is 14.7 Å². The van der Waals surface area contributed by atoms with Crippen LogP contribution in [-0.2, 0) is 23.8 Å². The molecule has 0 aromatic heterocycles. The number of hydrogen-bond donors (Lipinski definition) is 1. The zero-order valence-electron chi connectivity index (χ0n) is 17.5. The Morgan fingerprint density at radius 1 is 1.17 bits per heavy atom. The molecule has 29 heavy (non-hydrogen) atoms. The van der Waals surface area contributed by atoms with Gasteiger partial charge in [-0.1, -0.05) is 35.5 Å². The molecule has 1 N–H and O–H groups in total. The molecule has 2 aliphatic heterocycles. The molecule has 160 valence electrons. The van der Waals surface area contributed by atoms with E-state index in [4.69, 9.17) is 14.2 Å². The molecule has 1 fully saturated rings. The molecular weight excluding hydrogens is 372 g/mol. The average Bonchev–Trinajstić information content (AvgIpc) is 2.66. The van der Waals surface area contributed by atoms with Gasteiger partial charge < -0.3 is 19.3 Å². The zero-order valence-corrected chi connectivity index (χ0v) is 17.5. The number of carbonyl (C=O) groups is 2. The molecule has 6 heteroatoms. The molecule has 0 radical (unpaired) electrons. The van der Waals surface area contributed by atoms with Crippen molar-refractivity contribution in [1.82, 2.24) is 0 Å². The van der Waals surface area contributed by atoms with Gasteiger partial charge in [-0.25, -0.2) is 4.79 Å². The average molecular weight is 405 g/mol. The number of aliphatic hydroxyl groups is 1. The van der Waals surface area contributed by atoms with Gasteiger partial charge >= 0.3 is 5.97 Å². The number of hydrogen-bond acceptors (Lipinski definition) is 6. The van der Waals surface area contributed by atoms with Crippen LogP contribution in [0.25, 0.3) is 0 Å². The van der Waals surface area contributed by atoms with E-state index in [0.29, 0.717) is 12.8 Å². The van der Waals surface area contributed by atoms with Gasteiger partial charge in [0.15, 0.2) is 18.2 Å². The summed E-state index contributed by atoms with van der Waals surface area (Å²) >= 11 is 0. The van der Waals surface area contributed by atoms with Gasteiger partial charge in [0.05, 0.1) is 12.2 Å². The minimum Gasteiger partial charge on any atom is -0.453 e. The number of cyclic esters (lactones) is 1. The summed E-state index contributed by atoms with van der Waals surface area (Å²) in [5, 5.41) is 10.1. The molecule has 4 atom stereocenters. The second kappa shape index (κ2) is 11.9. The van der Waals surface area contributed by atoms with Gasteiger partial charge in [0.1, 0.15) is 0 Å². The number of fused-ring (bicyclic) bond motifs is 2. The molecule has 2 bridgehead atoms. The lowest BCUT2D eigenvalue weighted by Gasteiger charge is -2.29. The Balaban J connectivity index is 2.22. The first-order valence-corrected chi connectivity index (χ1v) is 10.1. The fraction of sp³-hybridized carbons (Fsp3) is 0.565. The smallest absolute Gasteiger partial charge is 0.331 e. The molecule has 1 unspecified atom stereocenters. The van der Waals surface area contributed by atoms with Crippen LogP contribution >= 0.6 is 0 Å². The summed E-state index contributed by atoms with van der Waals surface area (Å²) in [6, 6.07) is 0. The number of rotatable bonds is 2. The van der Waals surface area contributed by atoms with E-state index in [1.165, 1.54) is 13.2 Å². The Kier molecular flexibility index (Phi) is 9.51. The van der Waals surface area contributed by atoms with Crippen molar-refractivity contribution in [3.8, 4) is 0 Å². The van der Waals surface area contributed by atoms with Crippen LogP contribution in [0.4, 0.5) is 0 Å². The molecule has 6 nitrogen and oxygen atoms in total. The molecular formula is C23H32O6. The maximum atomic E-state index is 12.1. The van der Waals surface area contributed by atoms with E-state index >= 15 is 0 Å². The topological polar surface area (TPSA) is 82.1 Å². The van der Waals surface area contributed by atoms with Crippen molar-refractivity contribution in [2.45, 2.75) is 77.0 Å². The summed E-state index contributed by atoms with van der Waals surface area (Å²) in [7, 11) is 1.37. The lowest BCUT2D eigenvalue weighted by Crippen LogP contribution is -2.33. The largest absolute Gasteiger partial charge is 0.453 e. The highest BCUT2D eigenvalue weighted by atomic mass is 16.6. The number of ether oxygens (including phenoxy) is 3. The van der Waals surface area contributed by atoms with Crippen molar-refractivity contribution < 1.29 is 28.9 Å². The third kappa shape index (κ3) is 8.48. The normalized spacial score (nSPS) is 34.4. The Morgan fingerprint density at radius 3 is 2.72 bits per heavy atom. The van der Waals surface area contributed by atoms with E-state index in [2.05, 4.69) is 0 Å². The summed E-state index contributed by atoms with van der Waals surface area (Å²) in [6.07, 6.45) is 12.3. The summed E-state index contributed by atoms with van der Waals surface area (Å²) in [6.45, 7) is 3.76. The van der Waals surface area contributed by atoms with Gasteiger partial charge in [0.25, 0.3) is 0 Å². The van der Waals surface area contributed by atoms with Crippen molar-refractivity contribution in [1.29, 1.82) is 0 Å². The van der Waals surface area contributed by atoms with Crippen LogP contribution in [0, 0.1) is 0 Å². The van der Waals surface area contributed by atoms with E-state index in [0.717, 1.165) is 30.4 Å². The predicted molar refractivity (Wildman–Crippen MR) is 110 cm³/mol. The SMILES string of the molecule is COC(O)[C@@H]1C/C(C)=C/[C@H]2CCC[C@@H](C/C=C/C(=O)C/C(C)=C/C=C/C(=O)O1)O2. The van der Waals surface area contributed by atoms with Gasteiger partial charge in [0.2, 0.25) is 0 Å². The lowest BCUT2D eigenvalue weighted by atomic mass is 9.98. The highest BCUT2D eigenvalue weighted by molar-refractivity contribution is 5.91. The van der Waals surface area contributed by atoms with Gasteiger partial charge in [-0.15, -0.1) is 0 Å². The standard InChI is InChI=1S/C23H32O6/c1-16-7-4-12-22(25)29-21(23(26)27-3)15-17(2)14-20-11-6-10-19(28-20)9-5-8-18(24)13-16/h4-5,7-8,12,14,19-21,23,26H,6,9-11,13,15H2,1-3H3/b8-5+,12-4+,16-7+,17-14+/t19-,20-,21+,23?/m1/s1. The van der Waals surface area contributed by atoms with E-state index in [1.54, 1.807) is 18.2 Å². The molecule has 0 amide bonds. The van der Waals surface area contributed by atoms with E-state index in [-0.39, 0.29) is 24.4 Å². The minimum absolute atomic E-state index is 0.0159. The number of ketones is 1. The van der Waals surface area contributed by atoms with Crippen LogP contribution in [0.2, 0.25) is 0 Å². The van der Waals surface area contributed by atoms with Gasteiger partial charge in [-0.3, -0.25) is 4.79 Å². The van der Waals surface area contributed by atoms with Crippen molar-refractivity contribution in [2.24, 2.45) is 0 Å². The maximum absolute atomic E-state index is 12.1. The van der Waals surface area contributed by atoms with Gasteiger partial charge in [-0.05, 0) is 45.6 Å². The maximum Gasteiger partial charge on any atom is 0.331 e. The molecule has 2 aliphatic rings. The highest BCUT2D eigenvalue weighted by Gasteiger charge is 2.25. The Bertz CT molecular complexity index is 687. The van der Waals surface area contributed by atoms with E-state index in [1.807, 2.05) is 26.0 Å². The van der Waals surface area contributed by atoms with Crippen LogP contribution < -0.4 is 0 Å². The van der Waals surface area contributed by atoms with E-state index < -0.39 is 18.4 Å². The fourth-order valence-electron chi connectivity index (χ4n) is 3.50. The predicted octanol–water partition coefficient (Wildman–Crippen LogP) is 3.56. The fourth-order valence-corrected chi connectivity index (χ4v) is 3.50. The van der Waals surface area contributed by atoms with Crippen molar-refractivity contribution in [2.75, 3.05) is 7.11 Å². The molecule has 0 aromatic rings. The molecule has 0 spiro atoms. The first-order valence-electron chi connectivity index (χ1n) is 10.1. The van der Waals surface area contributed by atoms with Crippen LogP contribution in [0.1, 0.15) is 52.4 Å². The van der Waals surface area contributed by atoms with Crippen LogP contribution in [0.15, 0.2) is 47.6 Å². The third-order valence-corrected chi connectivity index (χ3v) is 4.97. The van der Waals surface area contributed by atoms with Crippen molar-refractivity contribution in [3.63, 3.8) is 0 Å². The van der Waals surface area contributed by atoms with Crippen LogP contribution in [0.3, 0.4) is 0 Å². The first kappa shape index (κ1) is 23.3. The number of methoxy groups -OCH3 is 1. The molecule has 2 heterocycles. The summed E-state index contributed by atoms with van der Waals surface area (Å²) in [5.74, 6) is -0.563. The summed E-state index contributed by atoms with van der Waals surface area (Å²) < 4.78 is 16.5. The first-order chi connectivity index (χ1) is 13.9. The lowest BCUT2D eigenvalue weighted by molar-refractivity contribution is -0.177. The molecule has 1 saturated heterocycles. The summed E-state index contributed by atoms with van der Waals surface area (Å²) in [5.41, 5.74) is 1.79. The van der Waals surface area contributed by atoms with Gasteiger partial charge in [-0.2, -0.15) is 0 Å². The Labute approximate surface area is 172 Å². The monoisotopic (exact) mass is 404 g/mol. The van der Waals surface area contributed by atoms with Crippen molar-refractivity contribution >= 4 is 11.8 Å². The minimum atomic E-state index is -1.22. The van der Waals surface area contributed by atoms with Crippen LogP contribution in [0.5, 0.6) is 0 Å². The Morgan fingerprint density at radius 2 is 1.97 bits per heavy atom. The zero-order chi connectivity index (χ0) is 21.2. The number of esters is 1. The second-order valence-electron chi connectivity index (χ2n) is 7.70. The molecule has 2 rings (SSSR count). The third-order valence-electron chi connectivity index (χ3n) is 4.97. The van der Waals surface area contributed by atoms with Crippen molar-refractivity contribution in [3.05, 3.63) is 47.6 Å². The number of allylic oxidation sites excluding steroid dienone is 4. The van der Waals surface area contributed by atoms with Crippen LogP contribution in [-0.4, -0.2) is 48.6 Å². The molecule has 0 saturated carbocycles. The number of aliphatic hydroxyl groups excluding tert-OH is 1. The van der Waals surface area contributed by atoms with Gasteiger partial charge in [0, 0.05) is 26.0 Å². The highest BCUT2D eigenvalue weighted by Crippen LogP contribution is 2.24. The Hall–Kier alpha value is -2.02. The quantitative estimate of drug-likeness (QED) is 0.431.